The molecule has 0 aliphatic carbocycles. The Labute approximate surface area is 186 Å². The maximum atomic E-state index is 12.3. The Balaban J connectivity index is 1.33. The second-order valence-electron chi connectivity index (χ2n) is 7.10. The summed E-state index contributed by atoms with van der Waals surface area (Å²) in [5, 5.41) is 6.99. The van der Waals surface area contributed by atoms with Crippen LogP contribution in [0.1, 0.15) is 16.7 Å². The van der Waals surface area contributed by atoms with Crippen LogP contribution >= 0.6 is 11.6 Å². The van der Waals surface area contributed by atoms with Crippen molar-refractivity contribution in [3.8, 4) is 5.75 Å². The van der Waals surface area contributed by atoms with E-state index in [-0.39, 0.29) is 12.3 Å². The van der Waals surface area contributed by atoms with Crippen molar-refractivity contribution in [2.24, 2.45) is 5.10 Å². The van der Waals surface area contributed by atoms with Gasteiger partial charge in [-0.15, -0.1) is 0 Å². The van der Waals surface area contributed by atoms with Gasteiger partial charge in [-0.1, -0.05) is 78.3 Å². The zero-order valence-electron chi connectivity index (χ0n) is 16.8. The maximum absolute atomic E-state index is 12.3. The average Bonchev–Trinajstić information content (AvgIpc) is 2.79. The van der Waals surface area contributed by atoms with Crippen LogP contribution in [0.15, 0.2) is 96.1 Å². The minimum Gasteiger partial charge on any atom is -0.489 e. The van der Waals surface area contributed by atoms with E-state index in [0.29, 0.717) is 11.6 Å². The molecule has 1 N–H and O–H groups in total. The van der Waals surface area contributed by atoms with Crippen molar-refractivity contribution in [3.05, 3.63) is 113 Å². The van der Waals surface area contributed by atoms with Gasteiger partial charge in [0.15, 0.2) is 0 Å². The molecule has 4 aromatic rings. The molecule has 0 spiro atoms. The van der Waals surface area contributed by atoms with Crippen molar-refractivity contribution in [1.82, 2.24) is 5.43 Å². The van der Waals surface area contributed by atoms with Crippen molar-refractivity contribution in [1.29, 1.82) is 0 Å². The fourth-order valence-electron chi connectivity index (χ4n) is 3.27. The van der Waals surface area contributed by atoms with Crippen molar-refractivity contribution in [3.63, 3.8) is 0 Å². The molecule has 0 saturated heterocycles. The molecule has 31 heavy (non-hydrogen) atoms. The van der Waals surface area contributed by atoms with Crippen LogP contribution in [-0.2, 0) is 17.8 Å². The molecule has 154 valence electrons. The predicted molar refractivity (Wildman–Crippen MR) is 126 cm³/mol. The molecule has 0 heterocycles. The monoisotopic (exact) mass is 428 g/mol. The summed E-state index contributed by atoms with van der Waals surface area (Å²) in [4.78, 5) is 12.3. The van der Waals surface area contributed by atoms with Gasteiger partial charge in [0.25, 0.3) is 0 Å². The number of nitrogens with zero attached hydrogens (tertiary/aromatic N) is 1. The van der Waals surface area contributed by atoms with Gasteiger partial charge in [-0.05, 0) is 51.7 Å². The lowest BCUT2D eigenvalue weighted by atomic mass is 10.0. The number of carbonyl (C=O) groups excluding carboxylic acids is 1. The number of hydrazone groups is 1. The fraction of sp³-hybridized carbons (Fsp3) is 0.0769. The Morgan fingerprint density at radius 1 is 0.935 bits per heavy atom. The van der Waals surface area contributed by atoms with Gasteiger partial charge < -0.3 is 4.74 Å². The van der Waals surface area contributed by atoms with E-state index in [9.17, 15) is 4.79 Å². The highest BCUT2D eigenvalue weighted by Crippen LogP contribution is 2.19. The number of amides is 1. The van der Waals surface area contributed by atoms with E-state index in [4.69, 9.17) is 16.3 Å². The Bertz CT molecular complexity index is 1210. The van der Waals surface area contributed by atoms with Crippen LogP contribution in [0, 0.1) is 0 Å². The van der Waals surface area contributed by atoms with Crippen LogP contribution in [0.3, 0.4) is 0 Å². The number of carbonyl (C=O) groups is 1. The standard InChI is InChI=1S/C26H21ClN2O2/c27-23-13-11-19(12-14-23)18-31-24-9-3-5-20(15-24)17-28-29-26(30)16-22-8-4-7-21-6-1-2-10-25(21)22/h1-15,17H,16,18H2,(H,29,30)/b28-17-. The van der Waals surface area contributed by atoms with Gasteiger partial charge >= 0.3 is 0 Å². The number of benzene rings is 4. The summed E-state index contributed by atoms with van der Waals surface area (Å²) in [5.41, 5.74) is 5.44. The van der Waals surface area contributed by atoms with E-state index in [1.807, 2.05) is 91.0 Å². The minimum atomic E-state index is -0.164. The molecular weight excluding hydrogens is 408 g/mol. The molecule has 0 atom stereocenters. The van der Waals surface area contributed by atoms with E-state index < -0.39 is 0 Å². The summed E-state index contributed by atoms with van der Waals surface area (Å²) < 4.78 is 5.83. The van der Waals surface area contributed by atoms with Gasteiger partial charge in [0.05, 0.1) is 12.6 Å². The highest BCUT2D eigenvalue weighted by atomic mass is 35.5. The number of rotatable bonds is 7. The van der Waals surface area contributed by atoms with E-state index in [0.717, 1.165) is 33.2 Å². The van der Waals surface area contributed by atoms with E-state index in [2.05, 4.69) is 10.5 Å². The molecule has 4 nitrogen and oxygen atoms in total. The van der Waals surface area contributed by atoms with Crippen molar-refractivity contribution >= 4 is 34.5 Å². The predicted octanol–water partition coefficient (Wildman–Crippen LogP) is 5.77. The molecule has 0 fully saturated rings. The van der Waals surface area contributed by atoms with Gasteiger partial charge in [-0.2, -0.15) is 5.10 Å². The van der Waals surface area contributed by atoms with E-state index in [1.165, 1.54) is 0 Å². The number of fused-ring (bicyclic) bond motifs is 1. The SMILES string of the molecule is O=C(Cc1cccc2ccccc12)N/N=C\c1cccc(OCc2ccc(Cl)cc2)c1. The zero-order chi connectivity index (χ0) is 21.5. The molecule has 5 heteroatoms. The van der Waals surface area contributed by atoms with Crippen LogP contribution in [0.5, 0.6) is 5.75 Å². The molecule has 0 unspecified atom stereocenters. The number of hydrogen-bond acceptors (Lipinski definition) is 3. The first-order valence-corrected chi connectivity index (χ1v) is 10.3. The van der Waals surface area contributed by atoms with Gasteiger partial charge in [0.2, 0.25) is 5.91 Å². The summed E-state index contributed by atoms with van der Waals surface area (Å²) in [5.74, 6) is 0.559. The lowest BCUT2D eigenvalue weighted by Crippen LogP contribution is -2.19. The molecule has 1 amide bonds. The van der Waals surface area contributed by atoms with Gasteiger partial charge in [-0.3, -0.25) is 4.79 Å². The van der Waals surface area contributed by atoms with E-state index in [1.54, 1.807) is 6.21 Å². The highest BCUT2D eigenvalue weighted by molar-refractivity contribution is 6.30. The van der Waals surface area contributed by atoms with Gasteiger partial charge in [0, 0.05) is 5.02 Å². The molecule has 4 aromatic carbocycles. The third-order valence-electron chi connectivity index (χ3n) is 4.81. The summed E-state index contributed by atoms with van der Waals surface area (Å²) in [6.45, 7) is 0.444. The maximum Gasteiger partial charge on any atom is 0.244 e. The third kappa shape index (κ3) is 5.71. The van der Waals surface area contributed by atoms with E-state index >= 15 is 0 Å². The number of hydrogen-bond donors (Lipinski definition) is 1. The summed E-state index contributed by atoms with van der Waals surface area (Å²) in [6.07, 6.45) is 1.87. The molecule has 0 aliphatic rings. The second kappa shape index (κ2) is 9.92. The first-order valence-electron chi connectivity index (χ1n) is 9.93. The molecule has 4 rings (SSSR count). The topological polar surface area (TPSA) is 50.7 Å². The molecule has 0 aromatic heterocycles. The van der Waals surface area contributed by atoms with Crippen molar-refractivity contribution in [2.45, 2.75) is 13.0 Å². The number of nitrogens with one attached hydrogen (secondary N) is 1. The number of ether oxygens (including phenoxy) is 1. The first-order chi connectivity index (χ1) is 15.2. The summed E-state index contributed by atoms with van der Waals surface area (Å²) >= 11 is 5.91. The first kappa shape index (κ1) is 20.6. The number of halogens is 1. The molecule has 0 aliphatic heterocycles. The van der Waals surface area contributed by atoms with Gasteiger partial charge in [-0.25, -0.2) is 5.43 Å². The van der Waals surface area contributed by atoms with Crippen LogP contribution in [0.25, 0.3) is 10.8 Å². The summed E-state index contributed by atoms with van der Waals surface area (Å²) in [7, 11) is 0. The minimum absolute atomic E-state index is 0.164. The molecule has 0 radical (unpaired) electrons. The Morgan fingerprint density at radius 3 is 2.58 bits per heavy atom. The lowest BCUT2D eigenvalue weighted by molar-refractivity contribution is -0.120. The Kier molecular flexibility index (Phi) is 6.60. The van der Waals surface area contributed by atoms with Crippen LogP contribution in [-0.4, -0.2) is 12.1 Å². The zero-order valence-corrected chi connectivity index (χ0v) is 17.5. The molecule has 0 bridgehead atoms. The van der Waals surface area contributed by atoms with Crippen LogP contribution < -0.4 is 10.2 Å². The Hall–Kier alpha value is -3.63. The normalized spacial score (nSPS) is 11.0. The quantitative estimate of drug-likeness (QED) is 0.300. The van der Waals surface area contributed by atoms with Crippen LogP contribution in [0.2, 0.25) is 5.02 Å². The average molecular weight is 429 g/mol. The molecular formula is C26H21ClN2O2. The smallest absolute Gasteiger partial charge is 0.244 e. The molecule has 0 saturated carbocycles. The largest absolute Gasteiger partial charge is 0.489 e. The fourth-order valence-corrected chi connectivity index (χ4v) is 3.40. The van der Waals surface area contributed by atoms with Gasteiger partial charge in [0.1, 0.15) is 12.4 Å². The second-order valence-corrected chi connectivity index (χ2v) is 7.53. The van der Waals surface area contributed by atoms with Crippen molar-refractivity contribution in [2.75, 3.05) is 0 Å². The summed E-state index contributed by atoms with van der Waals surface area (Å²) in [6, 6.07) is 29.1. The van der Waals surface area contributed by atoms with Crippen LogP contribution in [0.4, 0.5) is 0 Å². The highest BCUT2D eigenvalue weighted by Gasteiger charge is 2.06. The third-order valence-corrected chi connectivity index (χ3v) is 5.06. The van der Waals surface area contributed by atoms with Crippen molar-refractivity contribution < 1.29 is 9.53 Å². The Morgan fingerprint density at radius 2 is 1.71 bits per heavy atom. The lowest BCUT2D eigenvalue weighted by Gasteiger charge is -2.07.